The number of hydrogen-bond acceptors (Lipinski definition) is 3. The summed E-state index contributed by atoms with van der Waals surface area (Å²) >= 11 is 0. The molecule has 1 saturated heterocycles. The van der Waals surface area contributed by atoms with Crippen molar-refractivity contribution in [1.82, 2.24) is 5.32 Å². The van der Waals surface area contributed by atoms with Crippen LogP contribution < -0.4 is 11.1 Å². The van der Waals surface area contributed by atoms with Gasteiger partial charge >= 0.3 is 0 Å². The normalized spacial score (nSPS) is 38.2. The van der Waals surface area contributed by atoms with E-state index in [9.17, 15) is 5.11 Å². The average Bonchev–Trinajstić information content (AvgIpc) is 2.17. The summed E-state index contributed by atoms with van der Waals surface area (Å²) in [4.78, 5) is 0. The van der Waals surface area contributed by atoms with E-state index in [1.165, 1.54) is 0 Å². The summed E-state index contributed by atoms with van der Waals surface area (Å²) in [6, 6.07) is 0. The van der Waals surface area contributed by atoms with Crippen molar-refractivity contribution < 1.29 is 5.11 Å². The van der Waals surface area contributed by atoms with Crippen LogP contribution in [0.2, 0.25) is 0 Å². The molecule has 0 spiro atoms. The van der Waals surface area contributed by atoms with Gasteiger partial charge in [0.1, 0.15) is 0 Å². The molecule has 0 aromatic carbocycles. The topological polar surface area (TPSA) is 58.3 Å². The molecule has 0 saturated carbocycles. The highest BCUT2D eigenvalue weighted by molar-refractivity contribution is 4.87. The second-order valence-electron chi connectivity index (χ2n) is 2.36. The van der Waals surface area contributed by atoms with Gasteiger partial charge in [-0.2, -0.15) is 0 Å². The lowest BCUT2D eigenvalue weighted by Crippen LogP contribution is -2.39. The van der Waals surface area contributed by atoms with Crippen LogP contribution in [0, 0.1) is 0 Å². The molecule has 1 rings (SSSR count). The Bertz CT molecular complexity index is 78.5. The zero-order chi connectivity index (χ0) is 6.04. The van der Waals surface area contributed by atoms with Crippen molar-refractivity contribution in [3.05, 3.63) is 0 Å². The molecule has 0 radical (unpaired) electrons. The highest BCUT2D eigenvalue weighted by Gasteiger charge is 2.28. The average molecular weight is 116 g/mol. The van der Waals surface area contributed by atoms with Gasteiger partial charge in [0.15, 0.2) is 0 Å². The number of hydrogen-bond donors (Lipinski definition) is 3. The van der Waals surface area contributed by atoms with Crippen LogP contribution in [-0.4, -0.2) is 30.3 Å². The summed E-state index contributed by atoms with van der Waals surface area (Å²) in [5.41, 5.74) is 4.68. The quantitative estimate of drug-likeness (QED) is 0.398. The highest BCUT2D eigenvalue weighted by atomic mass is 16.3. The molecule has 8 heavy (non-hydrogen) atoms. The highest BCUT2D eigenvalue weighted by Crippen LogP contribution is 2.10. The predicted molar refractivity (Wildman–Crippen MR) is 31.5 cm³/mol. The van der Waals surface area contributed by atoms with Gasteiger partial charge in [-0.15, -0.1) is 0 Å². The lowest BCUT2D eigenvalue weighted by atomic mass is 10.1. The number of β-amino-alcohol motifs (C(OH)–C–C–N with tert-alkyl or cyclic N) is 1. The van der Waals surface area contributed by atoms with Crippen LogP contribution in [0.5, 0.6) is 0 Å². The van der Waals surface area contributed by atoms with Crippen LogP contribution >= 0.6 is 0 Å². The lowest BCUT2D eigenvalue weighted by Gasteiger charge is -2.17. The fourth-order valence-corrected chi connectivity index (χ4v) is 0.905. The predicted octanol–water partition coefficient (Wildman–Crippen LogP) is -1.33. The first-order chi connectivity index (χ1) is 3.77. The Morgan fingerprint density at radius 1 is 1.75 bits per heavy atom. The SMILES string of the molecule is NC[C@@]1(O)CCNC1. The second kappa shape index (κ2) is 2.01. The Morgan fingerprint density at radius 2 is 2.50 bits per heavy atom. The van der Waals surface area contributed by atoms with E-state index in [0.717, 1.165) is 13.0 Å². The van der Waals surface area contributed by atoms with Crippen molar-refractivity contribution in [2.24, 2.45) is 5.73 Å². The maximum absolute atomic E-state index is 9.31. The van der Waals surface area contributed by atoms with E-state index in [0.29, 0.717) is 13.1 Å². The van der Waals surface area contributed by atoms with Gasteiger partial charge in [-0.1, -0.05) is 0 Å². The molecule has 0 aromatic heterocycles. The molecule has 0 bridgehead atoms. The van der Waals surface area contributed by atoms with Crippen molar-refractivity contribution >= 4 is 0 Å². The van der Waals surface area contributed by atoms with Crippen LogP contribution in [-0.2, 0) is 0 Å². The molecule has 1 atom stereocenters. The summed E-state index contributed by atoms with van der Waals surface area (Å²) < 4.78 is 0. The van der Waals surface area contributed by atoms with Crippen molar-refractivity contribution in [3.63, 3.8) is 0 Å². The Kier molecular flexibility index (Phi) is 1.51. The molecular weight excluding hydrogens is 104 g/mol. The van der Waals surface area contributed by atoms with Gasteiger partial charge in [0, 0.05) is 13.1 Å². The molecule has 1 fully saturated rings. The van der Waals surface area contributed by atoms with Gasteiger partial charge in [0.2, 0.25) is 0 Å². The Labute approximate surface area is 48.9 Å². The summed E-state index contributed by atoms with van der Waals surface area (Å²) in [6.07, 6.45) is 0.795. The zero-order valence-electron chi connectivity index (χ0n) is 4.85. The van der Waals surface area contributed by atoms with E-state index in [1.54, 1.807) is 0 Å². The van der Waals surface area contributed by atoms with Gasteiger partial charge in [0.25, 0.3) is 0 Å². The van der Waals surface area contributed by atoms with Gasteiger partial charge in [-0.25, -0.2) is 0 Å². The van der Waals surface area contributed by atoms with E-state index in [4.69, 9.17) is 5.73 Å². The molecule has 1 aliphatic rings. The maximum Gasteiger partial charge on any atom is 0.0905 e. The molecule has 1 aliphatic heterocycles. The van der Waals surface area contributed by atoms with E-state index in [2.05, 4.69) is 5.32 Å². The smallest absolute Gasteiger partial charge is 0.0905 e. The molecule has 1 heterocycles. The fraction of sp³-hybridized carbons (Fsp3) is 1.00. The molecule has 48 valence electrons. The molecule has 0 aromatic rings. The third kappa shape index (κ3) is 0.992. The standard InChI is InChI=1S/C5H12N2O/c6-3-5(8)1-2-7-4-5/h7-8H,1-4,6H2/t5-/m0/s1. The van der Waals surface area contributed by atoms with Crippen LogP contribution in [0.4, 0.5) is 0 Å². The maximum atomic E-state index is 9.31. The van der Waals surface area contributed by atoms with Crippen molar-refractivity contribution in [1.29, 1.82) is 0 Å². The molecule has 3 nitrogen and oxygen atoms in total. The van der Waals surface area contributed by atoms with Gasteiger partial charge < -0.3 is 16.2 Å². The molecule has 0 aliphatic carbocycles. The number of rotatable bonds is 1. The first kappa shape index (κ1) is 6.01. The minimum atomic E-state index is -0.597. The first-order valence-electron chi connectivity index (χ1n) is 2.90. The van der Waals surface area contributed by atoms with Crippen molar-refractivity contribution in [2.45, 2.75) is 12.0 Å². The summed E-state index contributed by atoms with van der Waals surface area (Å²) in [7, 11) is 0. The van der Waals surface area contributed by atoms with E-state index < -0.39 is 5.60 Å². The molecule has 0 amide bonds. The Hall–Kier alpha value is -0.120. The van der Waals surface area contributed by atoms with Crippen molar-refractivity contribution in [2.75, 3.05) is 19.6 Å². The minimum Gasteiger partial charge on any atom is -0.387 e. The fourth-order valence-electron chi connectivity index (χ4n) is 0.905. The Balaban J connectivity index is 2.40. The summed E-state index contributed by atoms with van der Waals surface area (Å²) in [5.74, 6) is 0. The van der Waals surface area contributed by atoms with Crippen LogP contribution in [0.1, 0.15) is 6.42 Å². The van der Waals surface area contributed by atoms with Crippen LogP contribution in [0.3, 0.4) is 0 Å². The monoisotopic (exact) mass is 116 g/mol. The second-order valence-corrected chi connectivity index (χ2v) is 2.36. The third-order valence-corrected chi connectivity index (χ3v) is 1.60. The molecule has 0 unspecified atom stereocenters. The van der Waals surface area contributed by atoms with Crippen LogP contribution in [0.25, 0.3) is 0 Å². The van der Waals surface area contributed by atoms with E-state index in [1.807, 2.05) is 0 Å². The largest absolute Gasteiger partial charge is 0.387 e. The molecule has 3 heteroatoms. The summed E-state index contributed by atoms with van der Waals surface area (Å²) in [6.45, 7) is 1.93. The lowest BCUT2D eigenvalue weighted by molar-refractivity contribution is 0.0707. The van der Waals surface area contributed by atoms with Gasteiger partial charge in [-0.05, 0) is 13.0 Å². The molecular formula is C5H12N2O. The summed E-state index contributed by atoms with van der Waals surface area (Å²) in [5, 5.41) is 12.3. The van der Waals surface area contributed by atoms with Gasteiger partial charge in [0.05, 0.1) is 5.60 Å². The van der Waals surface area contributed by atoms with Crippen molar-refractivity contribution in [3.8, 4) is 0 Å². The molecule has 4 N–H and O–H groups in total. The van der Waals surface area contributed by atoms with Gasteiger partial charge in [-0.3, -0.25) is 0 Å². The number of nitrogens with two attached hydrogens (primary N) is 1. The van der Waals surface area contributed by atoms with E-state index >= 15 is 0 Å². The first-order valence-corrected chi connectivity index (χ1v) is 2.90. The number of aliphatic hydroxyl groups is 1. The minimum absolute atomic E-state index is 0.375. The van der Waals surface area contributed by atoms with Crippen LogP contribution in [0.15, 0.2) is 0 Å². The van der Waals surface area contributed by atoms with E-state index in [-0.39, 0.29) is 0 Å². The third-order valence-electron chi connectivity index (χ3n) is 1.60. The zero-order valence-corrected chi connectivity index (χ0v) is 4.85. The Morgan fingerprint density at radius 3 is 2.75 bits per heavy atom. The number of nitrogens with one attached hydrogen (secondary N) is 1.